The van der Waals surface area contributed by atoms with Gasteiger partial charge in [0.25, 0.3) is 5.91 Å². The lowest BCUT2D eigenvalue weighted by atomic mass is 10.1. The molecule has 1 aliphatic heterocycles. The average Bonchev–Trinajstić information content (AvgIpc) is 2.97. The van der Waals surface area contributed by atoms with Crippen molar-refractivity contribution in [2.24, 2.45) is 0 Å². The van der Waals surface area contributed by atoms with Crippen LogP contribution in [-0.4, -0.2) is 35.1 Å². The van der Waals surface area contributed by atoms with Gasteiger partial charge in [-0.05, 0) is 42.3 Å². The van der Waals surface area contributed by atoms with Gasteiger partial charge in [0, 0.05) is 30.7 Å². The molecule has 0 radical (unpaired) electrons. The maximum absolute atomic E-state index is 12.4. The first-order chi connectivity index (χ1) is 11.1. The first kappa shape index (κ1) is 16.2. The quantitative estimate of drug-likeness (QED) is 0.905. The fraction of sp³-hybridized carbons (Fsp3) is 0.389. The van der Waals surface area contributed by atoms with Crippen molar-refractivity contribution in [3.8, 4) is 0 Å². The number of aliphatic hydroxyl groups excluding tert-OH is 1. The van der Waals surface area contributed by atoms with Gasteiger partial charge in [0.05, 0.1) is 11.7 Å². The van der Waals surface area contributed by atoms with E-state index in [1.165, 1.54) is 0 Å². The number of aliphatic hydroxyl groups is 1. The molecule has 2 N–H and O–H groups in total. The van der Waals surface area contributed by atoms with Crippen molar-refractivity contribution in [2.75, 3.05) is 18.4 Å². The van der Waals surface area contributed by atoms with E-state index in [1.54, 1.807) is 11.3 Å². The minimum absolute atomic E-state index is 0.0507. The molecule has 1 saturated heterocycles. The predicted molar refractivity (Wildman–Crippen MR) is 94.0 cm³/mol. The van der Waals surface area contributed by atoms with Crippen molar-refractivity contribution in [3.05, 3.63) is 51.7 Å². The molecule has 0 unspecified atom stereocenters. The van der Waals surface area contributed by atoms with E-state index in [1.807, 2.05) is 35.9 Å². The van der Waals surface area contributed by atoms with Crippen LogP contribution in [0.3, 0.4) is 0 Å². The summed E-state index contributed by atoms with van der Waals surface area (Å²) in [5.74, 6) is -0.0507. The van der Waals surface area contributed by atoms with Gasteiger partial charge in [0.15, 0.2) is 0 Å². The third kappa shape index (κ3) is 3.99. The maximum atomic E-state index is 12.4. The van der Waals surface area contributed by atoms with Crippen molar-refractivity contribution in [3.63, 3.8) is 0 Å². The highest BCUT2D eigenvalue weighted by Gasteiger charge is 2.18. The molecule has 1 amide bonds. The van der Waals surface area contributed by atoms with Gasteiger partial charge in [-0.15, -0.1) is 0 Å². The molecule has 0 aliphatic carbocycles. The summed E-state index contributed by atoms with van der Waals surface area (Å²) < 4.78 is 0. The molecule has 2 aromatic rings. The smallest absolute Gasteiger partial charge is 0.256 e. The number of hydrogen-bond acceptors (Lipinski definition) is 4. The van der Waals surface area contributed by atoms with Gasteiger partial charge in [0.1, 0.15) is 0 Å². The molecule has 1 aromatic carbocycles. The lowest BCUT2D eigenvalue weighted by Crippen LogP contribution is -2.35. The van der Waals surface area contributed by atoms with Crippen LogP contribution in [0.15, 0.2) is 35.0 Å². The molecule has 4 nitrogen and oxygen atoms in total. The van der Waals surface area contributed by atoms with E-state index in [4.69, 9.17) is 0 Å². The molecule has 0 bridgehead atoms. The van der Waals surface area contributed by atoms with E-state index in [2.05, 4.69) is 16.3 Å². The molecule has 0 atom stereocenters. The Labute approximate surface area is 140 Å². The SMILES string of the molecule is Cc1cscc1C(=O)Nc1ccccc1CN1CCC(O)CC1. The first-order valence-electron chi connectivity index (χ1n) is 7.96. The molecule has 122 valence electrons. The number of aryl methyl sites for hydroxylation is 1. The summed E-state index contributed by atoms with van der Waals surface area (Å²) in [6.45, 7) is 4.54. The topological polar surface area (TPSA) is 52.6 Å². The highest BCUT2D eigenvalue weighted by atomic mass is 32.1. The van der Waals surface area contributed by atoms with Gasteiger partial charge in [0.2, 0.25) is 0 Å². The van der Waals surface area contributed by atoms with Crippen LogP contribution in [0, 0.1) is 6.92 Å². The Hall–Kier alpha value is -1.69. The van der Waals surface area contributed by atoms with Gasteiger partial charge >= 0.3 is 0 Å². The number of nitrogens with one attached hydrogen (secondary N) is 1. The predicted octanol–water partition coefficient (Wildman–Crippen LogP) is 3.27. The Morgan fingerprint density at radius 1 is 1.30 bits per heavy atom. The van der Waals surface area contributed by atoms with E-state index in [-0.39, 0.29) is 12.0 Å². The van der Waals surface area contributed by atoms with Crippen molar-refractivity contribution in [1.82, 2.24) is 4.90 Å². The van der Waals surface area contributed by atoms with Gasteiger partial charge in [-0.3, -0.25) is 9.69 Å². The summed E-state index contributed by atoms with van der Waals surface area (Å²) in [5, 5.41) is 16.5. The van der Waals surface area contributed by atoms with Crippen LogP contribution in [0.25, 0.3) is 0 Å². The van der Waals surface area contributed by atoms with Gasteiger partial charge < -0.3 is 10.4 Å². The number of likely N-dealkylation sites (tertiary alicyclic amines) is 1. The largest absolute Gasteiger partial charge is 0.393 e. The number of amides is 1. The number of benzene rings is 1. The molecule has 5 heteroatoms. The molecule has 1 aromatic heterocycles. The number of anilines is 1. The summed E-state index contributed by atoms with van der Waals surface area (Å²) in [7, 11) is 0. The van der Waals surface area contributed by atoms with E-state index >= 15 is 0 Å². The van der Waals surface area contributed by atoms with Gasteiger partial charge in [-0.2, -0.15) is 11.3 Å². The summed E-state index contributed by atoms with van der Waals surface area (Å²) in [4.78, 5) is 14.8. The van der Waals surface area contributed by atoms with Crippen molar-refractivity contribution in [1.29, 1.82) is 0 Å². The normalized spacial score (nSPS) is 16.4. The molecule has 1 fully saturated rings. The van der Waals surface area contributed by atoms with E-state index in [9.17, 15) is 9.90 Å². The number of rotatable bonds is 4. The number of thiophene rings is 1. The van der Waals surface area contributed by atoms with Crippen LogP contribution < -0.4 is 5.32 Å². The zero-order valence-corrected chi connectivity index (χ0v) is 14.1. The minimum Gasteiger partial charge on any atom is -0.393 e. The molecule has 0 saturated carbocycles. The van der Waals surface area contributed by atoms with Crippen LogP contribution in [0.2, 0.25) is 0 Å². The first-order valence-corrected chi connectivity index (χ1v) is 8.90. The highest BCUT2D eigenvalue weighted by molar-refractivity contribution is 7.08. The van der Waals surface area contributed by atoms with Crippen LogP contribution in [0.5, 0.6) is 0 Å². The summed E-state index contributed by atoms with van der Waals surface area (Å²) in [5.41, 5.74) is 3.74. The van der Waals surface area contributed by atoms with Crippen molar-refractivity contribution < 1.29 is 9.90 Å². The third-order valence-corrected chi connectivity index (χ3v) is 5.18. The zero-order valence-electron chi connectivity index (χ0n) is 13.3. The van der Waals surface area contributed by atoms with Gasteiger partial charge in [-0.1, -0.05) is 18.2 Å². The second kappa shape index (κ2) is 7.25. The van der Waals surface area contributed by atoms with Crippen LogP contribution in [-0.2, 0) is 6.54 Å². The number of para-hydroxylation sites is 1. The highest BCUT2D eigenvalue weighted by Crippen LogP contribution is 2.22. The number of piperidine rings is 1. The fourth-order valence-electron chi connectivity index (χ4n) is 2.88. The molecule has 0 spiro atoms. The van der Waals surface area contributed by atoms with Crippen LogP contribution >= 0.6 is 11.3 Å². The van der Waals surface area contributed by atoms with E-state index < -0.39 is 0 Å². The molecule has 1 aliphatic rings. The minimum atomic E-state index is -0.164. The maximum Gasteiger partial charge on any atom is 0.256 e. The molecular weight excluding hydrogens is 308 g/mol. The second-order valence-electron chi connectivity index (χ2n) is 6.09. The Morgan fingerprint density at radius 3 is 2.74 bits per heavy atom. The summed E-state index contributed by atoms with van der Waals surface area (Å²) in [6.07, 6.45) is 1.48. The molecule has 3 rings (SSSR count). The standard InChI is InChI=1S/C18H22N2O2S/c1-13-11-23-12-16(13)18(22)19-17-5-3-2-4-14(17)10-20-8-6-15(21)7-9-20/h2-5,11-12,15,21H,6-10H2,1H3,(H,19,22). The molecule has 2 heterocycles. The third-order valence-electron chi connectivity index (χ3n) is 4.32. The molecule has 23 heavy (non-hydrogen) atoms. The zero-order chi connectivity index (χ0) is 16.2. The average molecular weight is 330 g/mol. The summed E-state index contributed by atoms with van der Waals surface area (Å²) >= 11 is 1.55. The monoisotopic (exact) mass is 330 g/mol. The lowest BCUT2D eigenvalue weighted by Gasteiger charge is -2.30. The Balaban J connectivity index is 1.70. The number of carbonyl (C=O) groups is 1. The Kier molecular flexibility index (Phi) is 5.10. The van der Waals surface area contributed by atoms with Crippen molar-refractivity contribution in [2.45, 2.75) is 32.4 Å². The Morgan fingerprint density at radius 2 is 2.04 bits per heavy atom. The van der Waals surface area contributed by atoms with E-state index in [0.29, 0.717) is 0 Å². The second-order valence-corrected chi connectivity index (χ2v) is 6.83. The van der Waals surface area contributed by atoms with Crippen LogP contribution in [0.1, 0.15) is 34.3 Å². The lowest BCUT2D eigenvalue weighted by molar-refractivity contribution is 0.0793. The number of carbonyl (C=O) groups excluding carboxylic acids is 1. The number of nitrogens with zero attached hydrogens (tertiary/aromatic N) is 1. The fourth-order valence-corrected chi connectivity index (χ4v) is 3.71. The molecular formula is C18H22N2O2S. The summed E-state index contributed by atoms with van der Waals surface area (Å²) in [6, 6.07) is 7.95. The van der Waals surface area contributed by atoms with Crippen LogP contribution in [0.4, 0.5) is 5.69 Å². The number of hydrogen-bond donors (Lipinski definition) is 2. The Bertz CT molecular complexity index is 675. The van der Waals surface area contributed by atoms with Crippen molar-refractivity contribution >= 4 is 22.9 Å². The van der Waals surface area contributed by atoms with E-state index in [0.717, 1.165) is 54.9 Å². The van der Waals surface area contributed by atoms with Gasteiger partial charge in [-0.25, -0.2) is 0 Å².